The predicted molar refractivity (Wildman–Crippen MR) is 62.7 cm³/mol. The second-order valence-electron chi connectivity index (χ2n) is 4.76. The van der Waals surface area contributed by atoms with E-state index >= 15 is 0 Å². The van der Waals surface area contributed by atoms with Crippen LogP contribution in [0.1, 0.15) is 33.1 Å². The molecular formula is C12H21N3O. The molecule has 1 heterocycles. The fraction of sp³-hybridized carbons (Fsp3) is 0.833. The van der Waals surface area contributed by atoms with Crippen molar-refractivity contribution < 1.29 is 4.79 Å². The number of likely N-dealkylation sites (N-methyl/N-ethyl adjacent to an activating group) is 1. The number of carbonyl (C=O) groups is 1. The lowest BCUT2D eigenvalue weighted by atomic mass is 9.97. The van der Waals surface area contributed by atoms with E-state index in [1.165, 1.54) is 6.42 Å². The lowest BCUT2D eigenvalue weighted by molar-refractivity contribution is -0.138. The lowest BCUT2D eigenvalue weighted by Gasteiger charge is -2.39. The van der Waals surface area contributed by atoms with Gasteiger partial charge in [-0.15, -0.1) is 0 Å². The third-order valence-corrected chi connectivity index (χ3v) is 3.23. The quantitative estimate of drug-likeness (QED) is 0.676. The second kappa shape index (κ2) is 5.86. The molecule has 0 spiro atoms. The highest BCUT2D eigenvalue weighted by atomic mass is 16.2. The van der Waals surface area contributed by atoms with E-state index in [1.54, 1.807) is 11.9 Å². The Kier molecular flexibility index (Phi) is 4.75. The van der Waals surface area contributed by atoms with Crippen LogP contribution in [0.15, 0.2) is 0 Å². The average Bonchev–Trinajstić information content (AvgIpc) is 2.17. The van der Waals surface area contributed by atoms with Crippen LogP contribution in [-0.2, 0) is 4.79 Å². The maximum absolute atomic E-state index is 12.1. The number of rotatable bonds is 3. The molecule has 90 valence electrons. The van der Waals surface area contributed by atoms with Crippen LogP contribution in [0.4, 0.5) is 0 Å². The number of hydrogen-bond donors (Lipinski definition) is 0. The summed E-state index contributed by atoms with van der Waals surface area (Å²) in [5.74, 6) is 0.150. The van der Waals surface area contributed by atoms with Crippen molar-refractivity contribution in [1.82, 2.24) is 9.80 Å². The smallest absolute Gasteiger partial charge is 0.237 e. The molecule has 0 radical (unpaired) electrons. The fourth-order valence-corrected chi connectivity index (χ4v) is 2.40. The molecular weight excluding hydrogens is 202 g/mol. The van der Waals surface area contributed by atoms with E-state index in [2.05, 4.69) is 19.9 Å². The molecule has 1 saturated heterocycles. The van der Waals surface area contributed by atoms with Crippen LogP contribution in [0.5, 0.6) is 0 Å². The summed E-state index contributed by atoms with van der Waals surface area (Å²) < 4.78 is 0. The first-order valence-corrected chi connectivity index (χ1v) is 5.93. The third kappa shape index (κ3) is 3.21. The summed E-state index contributed by atoms with van der Waals surface area (Å²) in [6.45, 7) is 4.88. The van der Waals surface area contributed by atoms with E-state index in [0.717, 1.165) is 12.8 Å². The molecule has 16 heavy (non-hydrogen) atoms. The van der Waals surface area contributed by atoms with Crippen molar-refractivity contribution in [3.05, 3.63) is 0 Å². The first-order chi connectivity index (χ1) is 7.56. The zero-order valence-corrected chi connectivity index (χ0v) is 10.4. The number of nitriles is 1. The first-order valence-electron chi connectivity index (χ1n) is 5.93. The van der Waals surface area contributed by atoms with Crippen LogP contribution in [0.25, 0.3) is 0 Å². The van der Waals surface area contributed by atoms with Crippen LogP contribution in [0.3, 0.4) is 0 Å². The zero-order chi connectivity index (χ0) is 12.1. The summed E-state index contributed by atoms with van der Waals surface area (Å²) in [7, 11) is 1.81. The van der Waals surface area contributed by atoms with Crippen molar-refractivity contribution in [1.29, 1.82) is 5.26 Å². The molecule has 1 amide bonds. The minimum absolute atomic E-state index is 0.150. The van der Waals surface area contributed by atoms with E-state index in [0.29, 0.717) is 25.2 Å². The van der Waals surface area contributed by atoms with Crippen LogP contribution in [0.2, 0.25) is 0 Å². The Labute approximate surface area is 97.8 Å². The summed E-state index contributed by atoms with van der Waals surface area (Å²) in [6.07, 6.45) is 3.40. The molecule has 1 aliphatic rings. The summed E-state index contributed by atoms with van der Waals surface area (Å²) >= 11 is 0. The summed E-state index contributed by atoms with van der Waals surface area (Å²) in [5.41, 5.74) is 0. The van der Waals surface area contributed by atoms with Gasteiger partial charge < -0.3 is 4.90 Å². The molecule has 0 bridgehead atoms. The molecule has 0 N–H and O–H groups in total. The van der Waals surface area contributed by atoms with Gasteiger partial charge in [-0.05, 0) is 40.2 Å². The first kappa shape index (κ1) is 13.0. The Bertz CT molecular complexity index is 274. The van der Waals surface area contributed by atoms with Gasteiger partial charge in [-0.2, -0.15) is 5.26 Å². The maximum atomic E-state index is 12.1. The van der Waals surface area contributed by atoms with Crippen molar-refractivity contribution in [2.45, 2.75) is 45.2 Å². The molecule has 1 aliphatic heterocycles. The summed E-state index contributed by atoms with van der Waals surface area (Å²) in [6, 6.07) is 2.73. The maximum Gasteiger partial charge on any atom is 0.237 e. The van der Waals surface area contributed by atoms with Crippen molar-refractivity contribution in [3.63, 3.8) is 0 Å². The fourth-order valence-electron chi connectivity index (χ4n) is 2.40. The third-order valence-electron chi connectivity index (χ3n) is 3.23. The Morgan fingerprint density at radius 1 is 1.44 bits per heavy atom. The molecule has 4 nitrogen and oxygen atoms in total. The van der Waals surface area contributed by atoms with E-state index in [4.69, 9.17) is 5.26 Å². The topological polar surface area (TPSA) is 47.3 Å². The highest BCUT2D eigenvalue weighted by molar-refractivity contribution is 5.79. The monoisotopic (exact) mass is 223 g/mol. The van der Waals surface area contributed by atoms with Crippen LogP contribution < -0.4 is 0 Å². The van der Waals surface area contributed by atoms with Gasteiger partial charge in [0.25, 0.3) is 0 Å². The molecule has 1 fully saturated rings. The van der Waals surface area contributed by atoms with E-state index in [-0.39, 0.29) is 5.91 Å². The van der Waals surface area contributed by atoms with E-state index < -0.39 is 0 Å². The number of hydrogen-bond acceptors (Lipinski definition) is 3. The van der Waals surface area contributed by atoms with Gasteiger partial charge in [0.1, 0.15) is 0 Å². The van der Waals surface area contributed by atoms with Gasteiger partial charge in [0, 0.05) is 12.1 Å². The van der Waals surface area contributed by atoms with Gasteiger partial charge in [-0.25, -0.2) is 0 Å². The predicted octanol–water partition coefficient (Wildman–Crippen LogP) is 1.23. The standard InChI is InChI=1S/C12H21N3O/c1-10-5-4-6-11(2)15(10)12(16)9-14(3)8-7-13/h10-11H,4-6,8-9H2,1-3H3/t10-,11-/m1/s1. The van der Waals surface area contributed by atoms with Gasteiger partial charge >= 0.3 is 0 Å². The number of likely N-dealkylation sites (tertiary alicyclic amines) is 1. The van der Waals surface area contributed by atoms with Gasteiger partial charge in [-0.3, -0.25) is 9.69 Å². The Morgan fingerprint density at radius 2 is 2.00 bits per heavy atom. The second-order valence-corrected chi connectivity index (χ2v) is 4.76. The summed E-state index contributed by atoms with van der Waals surface area (Å²) in [5, 5.41) is 8.55. The SMILES string of the molecule is C[C@@H]1CCC[C@@H](C)N1C(=O)CN(C)CC#N. The Balaban J connectivity index is 2.54. The minimum atomic E-state index is 0.150. The number of nitrogens with zero attached hydrogens (tertiary/aromatic N) is 3. The molecule has 1 rings (SSSR count). The van der Waals surface area contributed by atoms with Crippen LogP contribution in [0, 0.1) is 11.3 Å². The van der Waals surface area contributed by atoms with Crippen LogP contribution in [-0.4, -0.2) is 47.9 Å². The number of carbonyl (C=O) groups excluding carboxylic acids is 1. The lowest BCUT2D eigenvalue weighted by Crippen LogP contribution is -2.50. The van der Waals surface area contributed by atoms with Crippen molar-refractivity contribution in [3.8, 4) is 6.07 Å². The van der Waals surface area contributed by atoms with Gasteiger partial charge in [0.15, 0.2) is 0 Å². The van der Waals surface area contributed by atoms with E-state index in [1.807, 2.05) is 4.90 Å². The van der Waals surface area contributed by atoms with Gasteiger partial charge in [0.05, 0.1) is 19.2 Å². The van der Waals surface area contributed by atoms with Crippen molar-refractivity contribution in [2.24, 2.45) is 0 Å². The molecule has 0 aromatic carbocycles. The molecule has 0 aliphatic carbocycles. The largest absolute Gasteiger partial charge is 0.336 e. The average molecular weight is 223 g/mol. The number of piperidine rings is 1. The molecule has 0 unspecified atom stereocenters. The van der Waals surface area contributed by atoms with Gasteiger partial charge in [-0.1, -0.05) is 0 Å². The highest BCUT2D eigenvalue weighted by Gasteiger charge is 2.28. The molecule has 4 heteroatoms. The number of amides is 1. The highest BCUT2D eigenvalue weighted by Crippen LogP contribution is 2.22. The van der Waals surface area contributed by atoms with Crippen molar-refractivity contribution in [2.75, 3.05) is 20.1 Å². The molecule has 0 aromatic heterocycles. The Morgan fingerprint density at radius 3 is 2.50 bits per heavy atom. The molecule has 2 atom stereocenters. The Hall–Kier alpha value is -1.08. The van der Waals surface area contributed by atoms with Gasteiger partial charge in [0.2, 0.25) is 5.91 Å². The normalized spacial score (nSPS) is 25.6. The summed E-state index contributed by atoms with van der Waals surface area (Å²) in [4.78, 5) is 15.8. The molecule has 0 aromatic rings. The zero-order valence-electron chi connectivity index (χ0n) is 10.4. The molecule has 0 saturated carbocycles. The van der Waals surface area contributed by atoms with Crippen molar-refractivity contribution >= 4 is 5.91 Å². The van der Waals surface area contributed by atoms with Crippen LogP contribution >= 0.6 is 0 Å². The van der Waals surface area contributed by atoms with E-state index in [9.17, 15) is 4.79 Å². The minimum Gasteiger partial charge on any atom is -0.336 e.